The molecular weight excluding hydrogens is 459 g/mol. The minimum atomic E-state index is -3.86. The van der Waals surface area contributed by atoms with Crippen molar-refractivity contribution in [2.45, 2.75) is 0 Å². The Morgan fingerprint density at radius 2 is 1.75 bits per heavy atom. The Bertz CT molecular complexity index is 990. The Kier molecular flexibility index (Phi) is 6.97. The molecule has 0 amide bonds. The van der Waals surface area contributed by atoms with Crippen molar-refractivity contribution in [3.63, 3.8) is 0 Å². The molecule has 0 saturated carbocycles. The summed E-state index contributed by atoms with van der Waals surface area (Å²) in [5, 5.41) is 26.1. The van der Waals surface area contributed by atoms with Gasteiger partial charge in [0.15, 0.2) is 5.45 Å². The van der Waals surface area contributed by atoms with Crippen molar-refractivity contribution in [3.05, 3.63) is 72.7 Å². The van der Waals surface area contributed by atoms with Crippen LogP contribution in [0.1, 0.15) is 5.56 Å². The van der Waals surface area contributed by atoms with E-state index in [4.69, 9.17) is 9.05 Å². The summed E-state index contributed by atoms with van der Waals surface area (Å²) in [5.41, 5.74) is 1.49. The van der Waals surface area contributed by atoms with E-state index in [1.54, 1.807) is 24.3 Å². The number of anilines is 1. The molecule has 2 aromatic carbocycles. The van der Waals surface area contributed by atoms with Gasteiger partial charge < -0.3 is 9.05 Å². The molecule has 28 heavy (non-hydrogen) atoms. The van der Waals surface area contributed by atoms with E-state index in [9.17, 15) is 24.8 Å². The normalized spacial score (nSPS) is 11.9. The highest BCUT2D eigenvalue weighted by Crippen LogP contribution is 2.51. The Morgan fingerprint density at radius 3 is 2.29 bits per heavy atom. The molecule has 0 heterocycles. The van der Waals surface area contributed by atoms with Gasteiger partial charge in [0, 0.05) is 30.3 Å². The van der Waals surface area contributed by atoms with Crippen LogP contribution >= 0.6 is 23.5 Å². The van der Waals surface area contributed by atoms with E-state index >= 15 is 0 Å². The van der Waals surface area contributed by atoms with Crippen LogP contribution in [-0.4, -0.2) is 29.5 Å². The molecule has 0 bridgehead atoms. The molecule has 2 rings (SSSR count). The molecule has 0 fully saturated rings. The van der Waals surface area contributed by atoms with Crippen LogP contribution in [0.25, 0.3) is 0 Å². The summed E-state index contributed by atoms with van der Waals surface area (Å²) < 4.78 is 23.4. The second kappa shape index (κ2) is 9.02. The van der Waals surface area contributed by atoms with Gasteiger partial charge in [-0.05, 0) is 12.1 Å². The van der Waals surface area contributed by atoms with E-state index in [-0.39, 0.29) is 11.1 Å². The lowest BCUT2D eigenvalue weighted by Gasteiger charge is -2.17. The SMILES string of the molecule is COP(=O)(OC)/C(=N\Nc1ccc([N+](=O)[O-])cc1[N+](=O)[O-])c1ccccc1Br. The van der Waals surface area contributed by atoms with Gasteiger partial charge in [-0.2, -0.15) is 5.10 Å². The van der Waals surface area contributed by atoms with Crippen LogP contribution in [0.4, 0.5) is 17.1 Å². The minimum Gasteiger partial charge on any atom is -0.307 e. The number of hydrogen-bond acceptors (Lipinski definition) is 9. The van der Waals surface area contributed by atoms with Gasteiger partial charge in [0.2, 0.25) is 0 Å². The molecule has 2 aromatic rings. The summed E-state index contributed by atoms with van der Waals surface area (Å²) in [6.07, 6.45) is 0. The first kappa shape index (κ1) is 21.6. The molecule has 11 nitrogen and oxygen atoms in total. The van der Waals surface area contributed by atoms with Crippen LogP contribution in [0.3, 0.4) is 0 Å². The topological polar surface area (TPSA) is 146 Å². The number of nitro groups is 2. The predicted molar refractivity (Wildman–Crippen MR) is 106 cm³/mol. The monoisotopic (exact) mass is 472 g/mol. The van der Waals surface area contributed by atoms with Crippen molar-refractivity contribution >= 4 is 46.0 Å². The lowest BCUT2D eigenvalue weighted by Crippen LogP contribution is -2.10. The van der Waals surface area contributed by atoms with Crippen LogP contribution in [0.15, 0.2) is 52.0 Å². The highest BCUT2D eigenvalue weighted by molar-refractivity contribution is 9.10. The van der Waals surface area contributed by atoms with Crippen molar-refractivity contribution in [1.82, 2.24) is 0 Å². The maximum atomic E-state index is 12.9. The third kappa shape index (κ3) is 4.60. The maximum absolute atomic E-state index is 12.9. The number of hydrogen-bond donors (Lipinski definition) is 1. The molecule has 0 aliphatic carbocycles. The fourth-order valence-electron chi connectivity index (χ4n) is 2.15. The molecule has 0 aromatic heterocycles. The van der Waals surface area contributed by atoms with Crippen molar-refractivity contribution in [2.75, 3.05) is 19.6 Å². The zero-order valence-corrected chi connectivity index (χ0v) is 17.0. The van der Waals surface area contributed by atoms with Crippen molar-refractivity contribution in [3.8, 4) is 0 Å². The second-order valence-corrected chi connectivity index (χ2v) is 8.11. The number of halogens is 1. The van der Waals surface area contributed by atoms with E-state index in [1.807, 2.05) is 0 Å². The highest BCUT2D eigenvalue weighted by Gasteiger charge is 2.33. The fraction of sp³-hybridized carbons (Fsp3) is 0.133. The number of nitrogens with zero attached hydrogens (tertiary/aromatic N) is 3. The zero-order valence-electron chi connectivity index (χ0n) is 14.6. The smallest absolute Gasteiger partial charge is 0.307 e. The first-order chi connectivity index (χ1) is 13.2. The van der Waals surface area contributed by atoms with Gasteiger partial charge in [0.1, 0.15) is 5.69 Å². The third-order valence-electron chi connectivity index (χ3n) is 3.53. The van der Waals surface area contributed by atoms with E-state index < -0.39 is 28.8 Å². The van der Waals surface area contributed by atoms with E-state index in [0.717, 1.165) is 18.2 Å². The van der Waals surface area contributed by atoms with E-state index in [2.05, 4.69) is 26.5 Å². The average molecular weight is 473 g/mol. The van der Waals surface area contributed by atoms with Gasteiger partial charge in [-0.3, -0.25) is 30.2 Å². The lowest BCUT2D eigenvalue weighted by atomic mass is 10.2. The summed E-state index contributed by atoms with van der Waals surface area (Å²) in [6, 6.07) is 9.66. The van der Waals surface area contributed by atoms with Gasteiger partial charge in [0.05, 0.1) is 15.9 Å². The van der Waals surface area contributed by atoms with Gasteiger partial charge in [0.25, 0.3) is 5.69 Å². The first-order valence-electron chi connectivity index (χ1n) is 7.47. The molecule has 13 heteroatoms. The van der Waals surface area contributed by atoms with Crippen LogP contribution in [0.2, 0.25) is 0 Å². The molecule has 0 radical (unpaired) electrons. The Hall–Kier alpha value is -2.66. The Balaban J connectivity index is 2.58. The van der Waals surface area contributed by atoms with Gasteiger partial charge in [-0.15, -0.1) is 0 Å². The lowest BCUT2D eigenvalue weighted by molar-refractivity contribution is -0.393. The van der Waals surface area contributed by atoms with Crippen LogP contribution in [-0.2, 0) is 13.6 Å². The zero-order chi connectivity index (χ0) is 20.9. The quantitative estimate of drug-likeness (QED) is 0.255. The predicted octanol–water partition coefficient (Wildman–Crippen LogP) is 4.53. The summed E-state index contributed by atoms with van der Waals surface area (Å²) in [5.74, 6) is 0. The van der Waals surface area contributed by atoms with Crippen LogP contribution in [0, 0.1) is 20.2 Å². The molecule has 0 atom stereocenters. The van der Waals surface area contributed by atoms with E-state index in [1.165, 1.54) is 14.2 Å². The van der Waals surface area contributed by atoms with Crippen molar-refractivity contribution in [1.29, 1.82) is 0 Å². The summed E-state index contributed by atoms with van der Waals surface area (Å²) in [7, 11) is -1.52. The number of nitrogens with one attached hydrogen (secondary N) is 1. The van der Waals surface area contributed by atoms with E-state index in [0.29, 0.717) is 10.0 Å². The third-order valence-corrected chi connectivity index (χ3v) is 6.04. The van der Waals surface area contributed by atoms with Crippen LogP contribution < -0.4 is 5.43 Å². The minimum absolute atomic E-state index is 0.140. The first-order valence-corrected chi connectivity index (χ1v) is 9.80. The van der Waals surface area contributed by atoms with Gasteiger partial charge >= 0.3 is 13.3 Å². The molecule has 0 saturated heterocycles. The maximum Gasteiger partial charge on any atom is 0.381 e. The summed E-state index contributed by atoms with van der Waals surface area (Å²) >= 11 is 3.31. The highest BCUT2D eigenvalue weighted by atomic mass is 79.9. The molecule has 0 aliphatic rings. The molecule has 0 spiro atoms. The van der Waals surface area contributed by atoms with Gasteiger partial charge in [-0.25, -0.2) is 0 Å². The molecule has 148 valence electrons. The average Bonchev–Trinajstić information content (AvgIpc) is 2.68. The Morgan fingerprint density at radius 1 is 1.11 bits per heavy atom. The second-order valence-electron chi connectivity index (χ2n) is 5.11. The Labute approximate surface area is 167 Å². The molecule has 1 N–H and O–H groups in total. The van der Waals surface area contributed by atoms with Crippen LogP contribution in [0.5, 0.6) is 0 Å². The fourth-order valence-corrected chi connectivity index (χ4v) is 3.93. The molecular formula is C15H14BrN4O7P. The van der Waals surface area contributed by atoms with Crippen molar-refractivity contribution in [2.24, 2.45) is 5.10 Å². The summed E-state index contributed by atoms with van der Waals surface area (Å²) in [4.78, 5) is 20.6. The molecule has 0 aliphatic heterocycles. The standard InChI is InChI=1S/C15H14BrN4O7P/c1-26-28(25,27-2)15(11-5-3-4-6-12(11)16)18-17-13-8-7-10(19(21)22)9-14(13)20(23)24/h3-9,17H,1-2H3/b18-15-. The summed E-state index contributed by atoms with van der Waals surface area (Å²) in [6.45, 7) is 0. The number of nitro benzene ring substituents is 2. The number of rotatable bonds is 8. The molecule has 0 unspecified atom stereocenters. The number of non-ortho nitro benzene ring substituents is 1. The number of hydrazone groups is 1. The number of benzene rings is 2. The van der Waals surface area contributed by atoms with Crippen molar-refractivity contribution < 1.29 is 23.5 Å². The van der Waals surface area contributed by atoms with Gasteiger partial charge in [-0.1, -0.05) is 34.1 Å². The largest absolute Gasteiger partial charge is 0.381 e.